The second-order valence-corrected chi connectivity index (χ2v) is 7.39. The van der Waals surface area contributed by atoms with Gasteiger partial charge >= 0.3 is 0 Å². The van der Waals surface area contributed by atoms with Gasteiger partial charge in [0.2, 0.25) is 10.0 Å². The second-order valence-electron chi connectivity index (χ2n) is 4.49. The third-order valence-corrected chi connectivity index (χ3v) is 5.65. The first-order valence-electron chi connectivity index (χ1n) is 6.53. The monoisotopic (exact) mass is 326 g/mol. The summed E-state index contributed by atoms with van der Waals surface area (Å²) in [6, 6.07) is 11.3. The maximum atomic E-state index is 11.9. The van der Waals surface area contributed by atoms with Gasteiger partial charge < -0.3 is 10.5 Å². The first-order chi connectivity index (χ1) is 10.1. The van der Waals surface area contributed by atoms with Gasteiger partial charge in [-0.15, -0.1) is 11.3 Å². The van der Waals surface area contributed by atoms with E-state index in [0.717, 1.165) is 16.9 Å². The Balaban J connectivity index is 1.66. The van der Waals surface area contributed by atoms with Crippen molar-refractivity contribution in [2.24, 2.45) is 0 Å². The summed E-state index contributed by atoms with van der Waals surface area (Å²) in [5.74, 6) is 0. The summed E-state index contributed by atoms with van der Waals surface area (Å²) < 4.78 is 32.1. The summed E-state index contributed by atoms with van der Waals surface area (Å²) in [6.07, 6.45) is 0.618. The van der Waals surface area contributed by atoms with E-state index in [0.29, 0.717) is 31.9 Å². The Kier molecular flexibility index (Phi) is 5.75. The first kappa shape index (κ1) is 16.0. The van der Waals surface area contributed by atoms with Crippen LogP contribution in [0.25, 0.3) is 0 Å². The Bertz CT molecular complexity index is 654. The van der Waals surface area contributed by atoms with E-state index >= 15 is 0 Å². The van der Waals surface area contributed by atoms with Crippen LogP contribution in [0.3, 0.4) is 0 Å². The minimum absolute atomic E-state index is 0.241. The summed E-state index contributed by atoms with van der Waals surface area (Å²) in [5.41, 5.74) is 7.09. The van der Waals surface area contributed by atoms with E-state index in [-0.39, 0.29) is 4.21 Å². The Labute approximate surface area is 128 Å². The zero-order chi connectivity index (χ0) is 15.1. The molecule has 0 saturated heterocycles. The molecule has 5 nitrogen and oxygen atoms in total. The molecule has 3 N–H and O–H groups in total. The van der Waals surface area contributed by atoms with Crippen LogP contribution in [0.1, 0.15) is 12.0 Å². The highest BCUT2D eigenvalue weighted by Gasteiger charge is 2.15. The van der Waals surface area contributed by atoms with E-state index in [1.807, 2.05) is 30.3 Å². The Morgan fingerprint density at radius 2 is 2.00 bits per heavy atom. The second kappa shape index (κ2) is 7.56. The predicted octanol–water partition coefficient (Wildman–Crippen LogP) is 2.22. The molecule has 0 fully saturated rings. The largest absolute Gasteiger partial charge is 0.398 e. The molecule has 21 heavy (non-hydrogen) atoms. The Morgan fingerprint density at radius 1 is 1.24 bits per heavy atom. The Hall–Kier alpha value is -1.41. The fourth-order valence-electron chi connectivity index (χ4n) is 1.69. The number of hydrogen-bond acceptors (Lipinski definition) is 5. The maximum absolute atomic E-state index is 11.9. The van der Waals surface area contributed by atoms with E-state index < -0.39 is 10.0 Å². The molecule has 1 aromatic carbocycles. The van der Waals surface area contributed by atoms with Crippen molar-refractivity contribution in [1.82, 2.24) is 4.72 Å². The summed E-state index contributed by atoms with van der Waals surface area (Å²) in [6.45, 7) is 1.38. The van der Waals surface area contributed by atoms with Crippen molar-refractivity contribution in [3.05, 3.63) is 47.3 Å². The fourth-order valence-corrected chi connectivity index (χ4v) is 3.89. The standard InChI is InChI=1S/C14H18N2O3S2/c15-13-9-14(20-11-13)21(17,18)16-7-4-8-19-10-12-5-2-1-3-6-12/h1-3,5-6,9,11,16H,4,7-8,10,15H2. The number of hydrogen-bond donors (Lipinski definition) is 2. The van der Waals surface area contributed by atoms with E-state index in [1.54, 1.807) is 5.38 Å². The van der Waals surface area contributed by atoms with Gasteiger partial charge in [-0.3, -0.25) is 0 Å². The Morgan fingerprint density at radius 3 is 2.67 bits per heavy atom. The molecule has 2 aromatic rings. The fraction of sp³-hybridized carbons (Fsp3) is 0.286. The van der Waals surface area contributed by atoms with Crippen molar-refractivity contribution in [2.75, 3.05) is 18.9 Å². The van der Waals surface area contributed by atoms with Crippen LogP contribution in [0.2, 0.25) is 0 Å². The average molecular weight is 326 g/mol. The van der Waals surface area contributed by atoms with Gasteiger partial charge in [-0.2, -0.15) is 0 Å². The van der Waals surface area contributed by atoms with Crippen LogP contribution in [0.5, 0.6) is 0 Å². The normalized spacial score (nSPS) is 11.6. The lowest BCUT2D eigenvalue weighted by Gasteiger charge is -2.06. The van der Waals surface area contributed by atoms with Crippen molar-refractivity contribution >= 4 is 27.0 Å². The van der Waals surface area contributed by atoms with E-state index in [4.69, 9.17) is 10.5 Å². The lowest BCUT2D eigenvalue weighted by Crippen LogP contribution is -2.24. The molecule has 0 aliphatic heterocycles. The van der Waals surface area contributed by atoms with Gasteiger partial charge in [0.05, 0.1) is 6.61 Å². The van der Waals surface area contributed by atoms with Crippen LogP contribution >= 0.6 is 11.3 Å². The van der Waals surface area contributed by atoms with Gasteiger partial charge in [-0.05, 0) is 18.1 Å². The zero-order valence-electron chi connectivity index (χ0n) is 11.5. The molecule has 2 rings (SSSR count). The van der Waals surface area contributed by atoms with Crippen molar-refractivity contribution in [1.29, 1.82) is 0 Å². The van der Waals surface area contributed by atoms with Gasteiger partial charge in [0, 0.05) is 24.2 Å². The van der Waals surface area contributed by atoms with Gasteiger partial charge in [0.15, 0.2) is 0 Å². The van der Waals surface area contributed by atoms with Crippen molar-refractivity contribution in [3.8, 4) is 0 Å². The average Bonchev–Trinajstić information content (AvgIpc) is 2.91. The number of sulfonamides is 1. The zero-order valence-corrected chi connectivity index (χ0v) is 13.1. The first-order valence-corrected chi connectivity index (χ1v) is 8.89. The lowest BCUT2D eigenvalue weighted by atomic mass is 10.2. The number of benzene rings is 1. The molecule has 0 saturated carbocycles. The SMILES string of the molecule is Nc1csc(S(=O)(=O)NCCCOCc2ccccc2)c1. The minimum atomic E-state index is -3.45. The van der Waals surface area contributed by atoms with Crippen molar-refractivity contribution in [2.45, 2.75) is 17.2 Å². The quantitative estimate of drug-likeness (QED) is 0.729. The maximum Gasteiger partial charge on any atom is 0.250 e. The lowest BCUT2D eigenvalue weighted by molar-refractivity contribution is 0.119. The number of anilines is 1. The third kappa shape index (κ3) is 5.13. The molecule has 0 aliphatic rings. The summed E-state index contributed by atoms with van der Waals surface area (Å²) in [4.78, 5) is 0. The molecular formula is C14H18N2O3S2. The molecule has 0 unspecified atom stereocenters. The number of thiophene rings is 1. The summed E-state index contributed by atoms with van der Waals surface area (Å²) in [7, 11) is -3.45. The highest BCUT2D eigenvalue weighted by molar-refractivity contribution is 7.91. The van der Waals surface area contributed by atoms with Gasteiger partial charge in [0.25, 0.3) is 0 Å². The minimum Gasteiger partial charge on any atom is -0.398 e. The molecule has 0 radical (unpaired) electrons. The van der Waals surface area contributed by atoms with Gasteiger partial charge in [-0.25, -0.2) is 13.1 Å². The molecule has 0 spiro atoms. The topological polar surface area (TPSA) is 81.4 Å². The van der Waals surface area contributed by atoms with Gasteiger partial charge in [0.1, 0.15) is 4.21 Å². The molecular weight excluding hydrogens is 308 g/mol. The van der Waals surface area contributed by atoms with Crippen LogP contribution < -0.4 is 10.5 Å². The van der Waals surface area contributed by atoms with Crippen LogP contribution in [-0.4, -0.2) is 21.6 Å². The summed E-state index contributed by atoms with van der Waals surface area (Å²) >= 11 is 1.12. The summed E-state index contributed by atoms with van der Waals surface area (Å²) in [5, 5.41) is 1.61. The highest BCUT2D eigenvalue weighted by Crippen LogP contribution is 2.21. The highest BCUT2D eigenvalue weighted by atomic mass is 32.2. The molecule has 7 heteroatoms. The molecule has 114 valence electrons. The number of nitrogens with two attached hydrogens (primary N) is 1. The molecule has 0 bridgehead atoms. The third-order valence-electron chi connectivity index (χ3n) is 2.73. The number of ether oxygens (including phenoxy) is 1. The molecule has 0 atom stereocenters. The number of nitrogen functional groups attached to an aromatic ring is 1. The molecule has 1 aromatic heterocycles. The van der Waals surface area contributed by atoms with Crippen LogP contribution in [0.15, 0.2) is 46.0 Å². The van der Waals surface area contributed by atoms with Crippen molar-refractivity contribution < 1.29 is 13.2 Å². The smallest absolute Gasteiger partial charge is 0.250 e. The number of rotatable bonds is 8. The van der Waals surface area contributed by atoms with Crippen LogP contribution in [-0.2, 0) is 21.4 Å². The van der Waals surface area contributed by atoms with E-state index in [2.05, 4.69) is 4.72 Å². The number of nitrogens with one attached hydrogen (secondary N) is 1. The molecule has 0 amide bonds. The van der Waals surface area contributed by atoms with Gasteiger partial charge in [-0.1, -0.05) is 30.3 Å². The molecule has 0 aliphatic carbocycles. The van der Waals surface area contributed by atoms with E-state index in [1.165, 1.54) is 6.07 Å². The van der Waals surface area contributed by atoms with Crippen molar-refractivity contribution in [3.63, 3.8) is 0 Å². The predicted molar refractivity (Wildman–Crippen MR) is 84.6 cm³/mol. The molecule has 1 heterocycles. The van der Waals surface area contributed by atoms with E-state index in [9.17, 15) is 8.42 Å². The van der Waals surface area contributed by atoms with Crippen LogP contribution in [0, 0.1) is 0 Å². The van der Waals surface area contributed by atoms with Crippen LogP contribution in [0.4, 0.5) is 5.69 Å².